The molecule has 0 aliphatic carbocycles. The quantitative estimate of drug-likeness (QED) is 0.0826. The van der Waals surface area contributed by atoms with Crippen LogP contribution in [-0.2, 0) is 31.1 Å². The van der Waals surface area contributed by atoms with Crippen LogP contribution in [0.5, 0.6) is 11.5 Å². The molecule has 13 nitrogen and oxygen atoms in total. The van der Waals surface area contributed by atoms with Crippen molar-refractivity contribution in [3.63, 3.8) is 0 Å². The Kier molecular flexibility index (Phi) is 18.7. The summed E-state index contributed by atoms with van der Waals surface area (Å²) in [6.45, 7) is 13.0. The van der Waals surface area contributed by atoms with Gasteiger partial charge in [-0.05, 0) is 62.1 Å². The van der Waals surface area contributed by atoms with Crippen molar-refractivity contribution in [2.45, 2.75) is 79.4 Å². The molecule has 2 amide bonds. The van der Waals surface area contributed by atoms with E-state index in [0.29, 0.717) is 37.1 Å². The third-order valence-corrected chi connectivity index (χ3v) is 7.58. The Balaban J connectivity index is 0.00000340. The number of benzene rings is 1. The number of rotatable bonds is 19. The lowest BCUT2D eigenvalue weighted by Gasteiger charge is -2.29. The van der Waals surface area contributed by atoms with Gasteiger partial charge in [-0.25, -0.2) is 8.42 Å². The van der Waals surface area contributed by atoms with Gasteiger partial charge in [0, 0.05) is 39.0 Å². The first-order chi connectivity index (χ1) is 20.2. The molecule has 0 aliphatic rings. The van der Waals surface area contributed by atoms with E-state index in [1.54, 1.807) is 28.1 Å². The fourth-order valence-corrected chi connectivity index (χ4v) is 4.45. The highest BCUT2D eigenvalue weighted by Gasteiger charge is 2.33. The highest BCUT2D eigenvalue weighted by Crippen LogP contribution is 2.31. The molecule has 1 rings (SSSR count). The van der Waals surface area contributed by atoms with E-state index in [1.807, 2.05) is 26.0 Å². The fourth-order valence-electron chi connectivity index (χ4n) is 4.45. The van der Waals surface area contributed by atoms with E-state index in [0.717, 1.165) is 24.8 Å². The molecular formula is C30H55N3O10S. The van der Waals surface area contributed by atoms with Crippen LogP contribution in [0.1, 0.15) is 66.4 Å². The van der Waals surface area contributed by atoms with Gasteiger partial charge in [0.2, 0.25) is 22.2 Å². The average Bonchev–Trinajstić information content (AvgIpc) is 2.91. The Morgan fingerprint density at radius 3 is 2.14 bits per heavy atom. The van der Waals surface area contributed by atoms with Gasteiger partial charge in [0.1, 0.15) is 12.1 Å². The van der Waals surface area contributed by atoms with Crippen LogP contribution in [0, 0.1) is 29.1 Å². The largest absolute Gasteiger partial charge is 0.726 e. The third kappa shape index (κ3) is 17.1. The Bertz CT molecular complexity index is 1100. The van der Waals surface area contributed by atoms with E-state index in [2.05, 4.69) is 31.0 Å². The summed E-state index contributed by atoms with van der Waals surface area (Å²) in [7, 11) is -1.61. The lowest BCUT2D eigenvalue weighted by Crippen LogP contribution is -2.67. The lowest BCUT2D eigenvalue weighted by atomic mass is 9.80. The van der Waals surface area contributed by atoms with Crippen LogP contribution < -0.4 is 26.3 Å². The molecule has 0 unspecified atom stereocenters. The lowest BCUT2D eigenvalue weighted by molar-refractivity contribution is -0.442. The number of hydrogen-bond donors (Lipinski definition) is 5. The number of aliphatic hydroxyl groups excluding tert-OH is 1. The molecule has 1 aromatic rings. The van der Waals surface area contributed by atoms with Crippen molar-refractivity contribution in [2.75, 3.05) is 34.0 Å². The smallest absolute Gasteiger partial charge is 0.224 e. The first-order valence-electron chi connectivity index (χ1n) is 14.8. The highest BCUT2D eigenvalue weighted by molar-refractivity contribution is 7.79. The molecule has 0 spiro atoms. The van der Waals surface area contributed by atoms with Gasteiger partial charge in [-0.3, -0.25) is 14.1 Å². The maximum atomic E-state index is 13.0. The number of quaternary nitrogens is 1. The van der Waals surface area contributed by atoms with E-state index >= 15 is 0 Å². The number of carbonyl (C=O) groups excluding carboxylic acids is 2. The first kappa shape index (κ1) is 41.5. The van der Waals surface area contributed by atoms with Crippen LogP contribution in [0.25, 0.3) is 0 Å². The number of primary amides is 1. The number of carbonyl (C=O) groups is 2. The van der Waals surface area contributed by atoms with Gasteiger partial charge in [-0.15, -0.1) is 0 Å². The van der Waals surface area contributed by atoms with Crippen LogP contribution in [-0.4, -0.2) is 80.6 Å². The number of ether oxygens (including phenoxy) is 3. The summed E-state index contributed by atoms with van der Waals surface area (Å²) >= 11 is 0. The topological polar surface area (TPSA) is 225 Å². The van der Waals surface area contributed by atoms with Crippen LogP contribution in [0.3, 0.4) is 0 Å². The Morgan fingerprint density at radius 1 is 1.07 bits per heavy atom. The normalized spacial score (nSPS) is 14.7. The summed E-state index contributed by atoms with van der Waals surface area (Å²) in [6.07, 6.45) is 1.89. The van der Waals surface area contributed by atoms with E-state index < -0.39 is 33.7 Å². The summed E-state index contributed by atoms with van der Waals surface area (Å²) in [6, 6.07) is 5.77. The van der Waals surface area contributed by atoms with E-state index in [-0.39, 0.29) is 30.3 Å². The third-order valence-electron chi connectivity index (χ3n) is 7.58. The molecule has 0 saturated carbocycles. The molecule has 0 aromatic heterocycles. The molecule has 256 valence electrons. The van der Waals surface area contributed by atoms with E-state index in [1.165, 1.54) is 0 Å². The minimum atomic E-state index is -4.92. The molecule has 0 heterocycles. The average molecular weight is 650 g/mol. The van der Waals surface area contributed by atoms with Crippen molar-refractivity contribution >= 4 is 22.2 Å². The number of nitrogens with one attached hydrogen (secondary N) is 1. The Labute approximate surface area is 263 Å². The summed E-state index contributed by atoms with van der Waals surface area (Å²) in [5, 5.41) is 13.9. The molecule has 8 N–H and O–H groups in total. The van der Waals surface area contributed by atoms with Crippen molar-refractivity contribution in [1.29, 1.82) is 0 Å². The fraction of sp³-hybridized carbons (Fsp3) is 0.733. The molecule has 44 heavy (non-hydrogen) atoms. The predicted molar refractivity (Wildman–Crippen MR) is 166 cm³/mol. The molecule has 0 aliphatic heterocycles. The SMILES string of the molecule is COCCCOc1cc(C[C@@H](C[C@H]([NH3+])[C@@H](O)C[C@H](C(=O)NCC(C)(C)C(N)=O)C(C)C)C(C)C)ccc1OC.O=S(=O)([O-])O. The number of aliphatic hydroxyl groups is 1. The van der Waals surface area contributed by atoms with Gasteiger partial charge in [-0.1, -0.05) is 33.8 Å². The zero-order chi connectivity index (χ0) is 34.3. The monoisotopic (exact) mass is 649 g/mol. The minimum absolute atomic E-state index is 0.0195. The molecule has 0 bridgehead atoms. The summed E-state index contributed by atoms with van der Waals surface area (Å²) in [4.78, 5) is 24.6. The number of nitrogens with two attached hydrogens (primary N) is 1. The van der Waals surface area contributed by atoms with Crippen molar-refractivity contribution < 1.29 is 52.2 Å². The summed E-state index contributed by atoms with van der Waals surface area (Å²) < 4.78 is 49.4. The molecule has 14 heteroatoms. The first-order valence-corrected chi connectivity index (χ1v) is 16.2. The second-order valence-electron chi connectivity index (χ2n) is 12.4. The summed E-state index contributed by atoms with van der Waals surface area (Å²) in [5.41, 5.74) is 10.0. The molecular weight excluding hydrogens is 594 g/mol. The second kappa shape index (κ2) is 19.8. The van der Waals surface area contributed by atoms with E-state index in [4.69, 9.17) is 37.5 Å². The van der Waals surface area contributed by atoms with Crippen LogP contribution in [0.2, 0.25) is 0 Å². The second-order valence-corrected chi connectivity index (χ2v) is 13.3. The van der Waals surface area contributed by atoms with Crippen LogP contribution >= 0.6 is 0 Å². The van der Waals surface area contributed by atoms with Crippen molar-refractivity contribution in [1.82, 2.24) is 5.32 Å². The van der Waals surface area contributed by atoms with E-state index in [9.17, 15) is 14.7 Å². The zero-order valence-corrected chi connectivity index (χ0v) is 28.3. The number of amides is 2. The maximum absolute atomic E-state index is 13.0. The highest BCUT2D eigenvalue weighted by atomic mass is 32.3. The molecule has 0 saturated heterocycles. The zero-order valence-electron chi connectivity index (χ0n) is 27.5. The number of hydrogen-bond acceptors (Lipinski definition) is 9. The predicted octanol–water partition coefficient (Wildman–Crippen LogP) is 1.58. The van der Waals surface area contributed by atoms with Crippen LogP contribution in [0.15, 0.2) is 18.2 Å². The van der Waals surface area contributed by atoms with Gasteiger partial charge in [0.25, 0.3) is 0 Å². The van der Waals surface area contributed by atoms with Gasteiger partial charge < -0.3 is 40.7 Å². The van der Waals surface area contributed by atoms with Gasteiger partial charge in [0.15, 0.2) is 11.5 Å². The van der Waals surface area contributed by atoms with Gasteiger partial charge in [0.05, 0.1) is 19.1 Å². The Hall–Kier alpha value is -2.49. The summed E-state index contributed by atoms with van der Waals surface area (Å²) in [5.74, 6) is 1.03. The minimum Gasteiger partial charge on any atom is -0.726 e. The van der Waals surface area contributed by atoms with Crippen LogP contribution in [0.4, 0.5) is 0 Å². The molecule has 0 radical (unpaired) electrons. The molecule has 1 aromatic carbocycles. The molecule has 4 atom stereocenters. The molecule has 0 fully saturated rings. The van der Waals surface area contributed by atoms with Crippen molar-refractivity contribution in [2.24, 2.45) is 34.8 Å². The Morgan fingerprint density at radius 2 is 1.66 bits per heavy atom. The number of methoxy groups -OCH3 is 2. The maximum Gasteiger partial charge on any atom is 0.224 e. The van der Waals surface area contributed by atoms with Crippen molar-refractivity contribution in [3.05, 3.63) is 23.8 Å². The standard InChI is InChI=1S/C30H53N3O6.H2O4S/c1-19(2)22(14-21-10-11-26(38-8)27(15-21)39-13-9-12-37-7)16-24(31)25(34)17-23(20(3)4)28(35)33-18-30(5,6)29(32)36;1-5(2,3)4/h10-11,15,19-20,22-25,34H,9,12-14,16-18,31H2,1-8H3,(H2,32,36)(H,33,35);(H2,1,2,3,4)/t22-,23-,24-,25-;/m0./s1. The van der Waals surface area contributed by atoms with Crippen molar-refractivity contribution in [3.8, 4) is 11.5 Å². The van der Waals surface area contributed by atoms with Gasteiger partial charge >= 0.3 is 0 Å². The van der Waals surface area contributed by atoms with Gasteiger partial charge in [-0.2, -0.15) is 0 Å².